The molecule has 0 fully saturated rings. The summed E-state index contributed by atoms with van der Waals surface area (Å²) in [5.41, 5.74) is 0. The fourth-order valence-electron chi connectivity index (χ4n) is 1.45. The second kappa shape index (κ2) is 6.08. The third kappa shape index (κ3) is 4.98. The molecule has 0 aliphatic heterocycles. The van der Waals surface area contributed by atoms with Gasteiger partial charge in [0.15, 0.2) is 0 Å². The highest BCUT2D eigenvalue weighted by molar-refractivity contribution is 8.00. The van der Waals surface area contributed by atoms with E-state index in [0.717, 1.165) is 12.8 Å². The monoisotopic (exact) mass is 200 g/mol. The summed E-state index contributed by atoms with van der Waals surface area (Å²) in [6.07, 6.45) is 10.5. The third-order valence-corrected chi connectivity index (χ3v) is 3.37. The first kappa shape index (κ1) is 10.6. The van der Waals surface area contributed by atoms with Crippen LogP contribution in [0.4, 0.5) is 0 Å². The molecular weight excluding hydrogens is 184 g/mol. The number of allylic oxidation sites excluding steroid dienone is 1. The molecule has 0 spiro atoms. The lowest BCUT2D eigenvalue weighted by Crippen LogP contribution is -2.06. The molecule has 0 aromatic carbocycles. The zero-order chi connectivity index (χ0) is 9.52. The minimum atomic E-state index is -0.708. The molecule has 0 saturated carbocycles. The number of carboxylic acids is 1. The summed E-state index contributed by atoms with van der Waals surface area (Å²) < 4.78 is 0. The van der Waals surface area contributed by atoms with E-state index in [1.165, 1.54) is 19.3 Å². The van der Waals surface area contributed by atoms with Crippen LogP contribution in [0.25, 0.3) is 0 Å². The maximum absolute atomic E-state index is 10.4. The molecule has 1 aliphatic rings. The first-order valence-corrected chi connectivity index (χ1v) is 5.84. The maximum Gasteiger partial charge on any atom is 0.313 e. The zero-order valence-electron chi connectivity index (χ0n) is 7.74. The Hall–Kier alpha value is -0.440. The molecule has 0 saturated heterocycles. The summed E-state index contributed by atoms with van der Waals surface area (Å²) in [6, 6.07) is 0. The van der Waals surface area contributed by atoms with Crippen molar-refractivity contribution >= 4 is 17.7 Å². The Morgan fingerprint density at radius 3 is 3.08 bits per heavy atom. The average Bonchev–Trinajstić information content (AvgIpc) is 2.01. The van der Waals surface area contributed by atoms with E-state index in [-0.39, 0.29) is 5.75 Å². The lowest BCUT2D eigenvalue weighted by molar-refractivity contribution is -0.133. The van der Waals surface area contributed by atoms with Crippen LogP contribution in [0.2, 0.25) is 0 Å². The zero-order valence-corrected chi connectivity index (χ0v) is 8.55. The highest BCUT2D eigenvalue weighted by atomic mass is 32.2. The number of thioether (sulfide) groups is 1. The fraction of sp³-hybridized carbons (Fsp3) is 0.700. The molecular formula is C10H16O2S. The standard InChI is InChI=1S/C10H16O2S/c11-10(12)8-13-9-6-4-2-1-3-5-7-9/h4,6,9H,1-3,5,7-8H2,(H,11,12)/b6-4-. The SMILES string of the molecule is O=C(O)CSC1/C=C\CCCCC1. The van der Waals surface area contributed by atoms with E-state index in [4.69, 9.17) is 5.11 Å². The molecule has 2 nitrogen and oxygen atoms in total. The fourth-order valence-corrected chi connectivity index (χ4v) is 2.36. The highest BCUT2D eigenvalue weighted by Crippen LogP contribution is 2.22. The normalized spacial score (nSPS) is 26.0. The van der Waals surface area contributed by atoms with Crippen molar-refractivity contribution in [1.29, 1.82) is 0 Å². The number of carbonyl (C=O) groups is 1. The van der Waals surface area contributed by atoms with Crippen LogP contribution in [-0.4, -0.2) is 22.1 Å². The Balaban J connectivity index is 2.28. The van der Waals surface area contributed by atoms with Gasteiger partial charge in [-0.1, -0.05) is 25.0 Å². The van der Waals surface area contributed by atoms with E-state index in [1.54, 1.807) is 11.8 Å². The van der Waals surface area contributed by atoms with Gasteiger partial charge in [0.1, 0.15) is 0 Å². The van der Waals surface area contributed by atoms with Gasteiger partial charge < -0.3 is 5.11 Å². The molecule has 0 radical (unpaired) electrons. The third-order valence-electron chi connectivity index (χ3n) is 2.13. The Labute approximate surface area is 83.4 Å². The molecule has 0 heterocycles. The Morgan fingerprint density at radius 2 is 2.31 bits per heavy atom. The van der Waals surface area contributed by atoms with Crippen molar-refractivity contribution in [2.24, 2.45) is 0 Å². The molecule has 0 amide bonds. The average molecular weight is 200 g/mol. The van der Waals surface area contributed by atoms with Crippen LogP contribution in [0.1, 0.15) is 32.1 Å². The van der Waals surface area contributed by atoms with E-state index < -0.39 is 5.97 Å². The topological polar surface area (TPSA) is 37.3 Å². The minimum absolute atomic E-state index is 0.231. The summed E-state index contributed by atoms with van der Waals surface area (Å²) in [7, 11) is 0. The van der Waals surface area contributed by atoms with E-state index in [2.05, 4.69) is 12.2 Å². The molecule has 1 unspecified atom stereocenters. The van der Waals surface area contributed by atoms with Gasteiger partial charge in [-0.2, -0.15) is 0 Å². The van der Waals surface area contributed by atoms with Gasteiger partial charge in [-0.3, -0.25) is 4.79 Å². The predicted molar refractivity (Wildman–Crippen MR) is 56.1 cm³/mol. The quantitative estimate of drug-likeness (QED) is 0.712. The number of carboxylic acid groups (broad SMARTS) is 1. The molecule has 1 N–H and O–H groups in total. The van der Waals surface area contributed by atoms with Crippen molar-refractivity contribution in [1.82, 2.24) is 0 Å². The number of aliphatic carboxylic acids is 1. The number of rotatable bonds is 3. The van der Waals surface area contributed by atoms with Crippen LogP contribution in [0.5, 0.6) is 0 Å². The van der Waals surface area contributed by atoms with Crippen LogP contribution in [0, 0.1) is 0 Å². The molecule has 74 valence electrons. The summed E-state index contributed by atoms with van der Waals surface area (Å²) in [5, 5.41) is 8.95. The number of hydrogen-bond donors (Lipinski definition) is 1. The molecule has 3 heteroatoms. The lowest BCUT2D eigenvalue weighted by atomic mass is 10.1. The van der Waals surface area contributed by atoms with Crippen LogP contribution in [0.3, 0.4) is 0 Å². The summed E-state index contributed by atoms with van der Waals surface area (Å²) >= 11 is 1.54. The molecule has 0 aromatic rings. The maximum atomic E-state index is 10.4. The van der Waals surface area contributed by atoms with E-state index in [0.29, 0.717) is 5.25 Å². The Kier molecular flexibility index (Phi) is 4.98. The van der Waals surface area contributed by atoms with Gasteiger partial charge in [0.2, 0.25) is 0 Å². The van der Waals surface area contributed by atoms with Gasteiger partial charge in [0.25, 0.3) is 0 Å². The second-order valence-electron chi connectivity index (χ2n) is 3.31. The molecule has 1 aliphatic carbocycles. The van der Waals surface area contributed by atoms with Crippen molar-refractivity contribution < 1.29 is 9.90 Å². The second-order valence-corrected chi connectivity index (χ2v) is 4.54. The summed E-state index contributed by atoms with van der Waals surface area (Å²) in [5.74, 6) is -0.477. The first-order chi connectivity index (χ1) is 6.29. The van der Waals surface area contributed by atoms with Crippen LogP contribution >= 0.6 is 11.8 Å². The molecule has 0 bridgehead atoms. The Morgan fingerprint density at radius 1 is 1.46 bits per heavy atom. The predicted octanol–water partition coefficient (Wildman–Crippen LogP) is 2.69. The van der Waals surface area contributed by atoms with Gasteiger partial charge in [-0.15, -0.1) is 11.8 Å². The van der Waals surface area contributed by atoms with Gasteiger partial charge in [-0.05, 0) is 19.3 Å². The van der Waals surface area contributed by atoms with Crippen LogP contribution < -0.4 is 0 Å². The molecule has 1 atom stereocenters. The largest absolute Gasteiger partial charge is 0.481 e. The van der Waals surface area contributed by atoms with Crippen molar-refractivity contribution in [3.63, 3.8) is 0 Å². The number of hydrogen-bond acceptors (Lipinski definition) is 2. The van der Waals surface area contributed by atoms with E-state index in [9.17, 15) is 4.79 Å². The van der Waals surface area contributed by atoms with Gasteiger partial charge in [0.05, 0.1) is 5.75 Å². The summed E-state index contributed by atoms with van der Waals surface area (Å²) in [4.78, 5) is 10.4. The summed E-state index contributed by atoms with van der Waals surface area (Å²) in [6.45, 7) is 0. The van der Waals surface area contributed by atoms with Crippen molar-refractivity contribution in [3.05, 3.63) is 12.2 Å². The van der Waals surface area contributed by atoms with E-state index >= 15 is 0 Å². The first-order valence-electron chi connectivity index (χ1n) is 4.79. The van der Waals surface area contributed by atoms with Gasteiger partial charge in [0, 0.05) is 5.25 Å². The van der Waals surface area contributed by atoms with Gasteiger partial charge in [-0.25, -0.2) is 0 Å². The molecule has 13 heavy (non-hydrogen) atoms. The molecule has 1 rings (SSSR count). The van der Waals surface area contributed by atoms with Crippen molar-refractivity contribution in [2.75, 3.05) is 5.75 Å². The van der Waals surface area contributed by atoms with Crippen LogP contribution in [-0.2, 0) is 4.79 Å². The van der Waals surface area contributed by atoms with Crippen LogP contribution in [0.15, 0.2) is 12.2 Å². The highest BCUT2D eigenvalue weighted by Gasteiger charge is 2.09. The minimum Gasteiger partial charge on any atom is -0.481 e. The Bertz CT molecular complexity index is 189. The van der Waals surface area contributed by atoms with E-state index in [1.807, 2.05) is 0 Å². The van der Waals surface area contributed by atoms with Crippen molar-refractivity contribution in [3.8, 4) is 0 Å². The van der Waals surface area contributed by atoms with Gasteiger partial charge >= 0.3 is 5.97 Å². The van der Waals surface area contributed by atoms with Crippen molar-refractivity contribution in [2.45, 2.75) is 37.4 Å². The smallest absolute Gasteiger partial charge is 0.313 e. The lowest BCUT2D eigenvalue weighted by Gasteiger charge is -2.13. The molecule has 0 aromatic heterocycles.